The minimum atomic E-state index is -4.68. The molecule has 0 aliphatic heterocycles. The Bertz CT molecular complexity index is 726. The van der Waals surface area contributed by atoms with Gasteiger partial charge in [0.2, 0.25) is 0 Å². The van der Waals surface area contributed by atoms with Crippen LogP contribution in [-0.2, 0) is 11.0 Å². The third-order valence-electron chi connectivity index (χ3n) is 3.34. The molecule has 0 aliphatic rings. The van der Waals surface area contributed by atoms with E-state index in [-0.39, 0.29) is 24.4 Å². The number of aromatic nitrogens is 4. The van der Waals surface area contributed by atoms with Gasteiger partial charge in [-0.1, -0.05) is 0 Å². The number of aliphatic carboxylic acids is 1. The Morgan fingerprint density at radius 3 is 2.45 bits per heavy atom. The summed E-state index contributed by atoms with van der Waals surface area (Å²) in [5.74, 6) is -1.95. The highest BCUT2D eigenvalue weighted by molar-refractivity contribution is 5.68. The van der Waals surface area contributed by atoms with Gasteiger partial charge >= 0.3 is 12.1 Å². The number of fused-ring (bicyclic) bond motifs is 1. The van der Waals surface area contributed by atoms with Crippen molar-refractivity contribution in [1.29, 1.82) is 0 Å². The first-order valence-electron chi connectivity index (χ1n) is 6.35. The Kier molecular flexibility index (Phi) is 3.94. The van der Waals surface area contributed by atoms with E-state index in [1.54, 1.807) is 20.9 Å². The van der Waals surface area contributed by atoms with E-state index in [9.17, 15) is 18.0 Å². The lowest BCUT2D eigenvalue weighted by Gasteiger charge is -2.20. The van der Waals surface area contributed by atoms with E-state index in [1.165, 1.54) is 4.90 Å². The van der Waals surface area contributed by atoms with Crippen molar-refractivity contribution in [2.45, 2.75) is 26.4 Å². The van der Waals surface area contributed by atoms with Crippen molar-refractivity contribution in [2.24, 2.45) is 0 Å². The lowest BCUT2D eigenvalue weighted by molar-refractivity contribution is -0.146. The standard InChI is InChI=1S/C12H14F3N5O2/c1-6-7(2)10(19(3)5-4-8(21)22)18-20-9(6)16-17-11(20)12(13,14)15/h4-5H2,1-3H3,(H,21,22). The van der Waals surface area contributed by atoms with Gasteiger partial charge in [0, 0.05) is 24.7 Å². The number of aryl methyl sites for hydroxylation is 1. The van der Waals surface area contributed by atoms with E-state index in [0.29, 0.717) is 15.6 Å². The summed E-state index contributed by atoms with van der Waals surface area (Å²) in [6.45, 7) is 3.43. The molecule has 0 amide bonds. The molecule has 120 valence electrons. The Labute approximate surface area is 123 Å². The zero-order valence-corrected chi connectivity index (χ0v) is 12.1. The molecule has 0 saturated heterocycles. The molecule has 1 N–H and O–H groups in total. The molecule has 0 atom stereocenters. The largest absolute Gasteiger partial charge is 0.481 e. The molecule has 0 spiro atoms. The Balaban J connectivity index is 2.55. The smallest absolute Gasteiger partial charge is 0.453 e. The van der Waals surface area contributed by atoms with Crippen LogP contribution in [0.2, 0.25) is 0 Å². The molecule has 0 fully saturated rings. The summed E-state index contributed by atoms with van der Waals surface area (Å²) in [6.07, 6.45) is -4.83. The lowest BCUT2D eigenvalue weighted by Crippen LogP contribution is -2.25. The van der Waals surface area contributed by atoms with Gasteiger partial charge in [0.1, 0.15) is 0 Å². The monoisotopic (exact) mass is 317 g/mol. The minimum absolute atomic E-state index is 0.0280. The summed E-state index contributed by atoms with van der Waals surface area (Å²) in [7, 11) is 1.57. The number of carbonyl (C=O) groups is 1. The molecule has 2 aromatic rings. The number of carboxylic acids is 1. The maximum atomic E-state index is 12.9. The van der Waals surface area contributed by atoms with Crippen LogP contribution in [-0.4, -0.2) is 44.5 Å². The fourth-order valence-electron chi connectivity index (χ4n) is 2.02. The van der Waals surface area contributed by atoms with E-state index in [1.807, 2.05) is 0 Å². The van der Waals surface area contributed by atoms with Crippen LogP contribution < -0.4 is 4.90 Å². The average Bonchev–Trinajstić information content (AvgIpc) is 2.83. The van der Waals surface area contributed by atoms with E-state index >= 15 is 0 Å². The molecule has 2 heterocycles. The van der Waals surface area contributed by atoms with Crippen LogP contribution >= 0.6 is 0 Å². The Morgan fingerprint density at radius 1 is 1.27 bits per heavy atom. The van der Waals surface area contributed by atoms with Crippen LogP contribution in [0.25, 0.3) is 5.65 Å². The summed E-state index contributed by atoms with van der Waals surface area (Å²) >= 11 is 0. The summed E-state index contributed by atoms with van der Waals surface area (Å²) in [4.78, 5) is 12.1. The van der Waals surface area contributed by atoms with E-state index in [4.69, 9.17) is 5.11 Å². The van der Waals surface area contributed by atoms with Crippen molar-refractivity contribution in [3.63, 3.8) is 0 Å². The predicted octanol–water partition coefficient (Wildman–Crippen LogP) is 1.67. The quantitative estimate of drug-likeness (QED) is 0.923. The first-order chi connectivity index (χ1) is 10.1. The molecule has 0 radical (unpaired) electrons. The number of rotatable bonds is 4. The van der Waals surface area contributed by atoms with Crippen LogP contribution in [0.15, 0.2) is 0 Å². The van der Waals surface area contributed by atoms with Crippen LogP contribution in [0, 0.1) is 13.8 Å². The zero-order valence-electron chi connectivity index (χ0n) is 12.1. The molecule has 0 bridgehead atoms. The summed E-state index contributed by atoms with van der Waals surface area (Å²) in [6, 6.07) is 0. The van der Waals surface area contributed by atoms with E-state index < -0.39 is 18.0 Å². The van der Waals surface area contributed by atoms with Crippen LogP contribution in [0.1, 0.15) is 23.4 Å². The number of nitrogens with zero attached hydrogens (tertiary/aromatic N) is 5. The average molecular weight is 317 g/mol. The predicted molar refractivity (Wildman–Crippen MR) is 70.8 cm³/mol. The number of carboxylic acid groups (broad SMARTS) is 1. The summed E-state index contributed by atoms with van der Waals surface area (Å²) in [5, 5.41) is 19.3. The van der Waals surface area contributed by atoms with Crippen LogP contribution in [0.5, 0.6) is 0 Å². The van der Waals surface area contributed by atoms with E-state index in [0.717, 1.165) is 0 Å². The van der Waals surface area contributed by atoms with Crippen molar-refractivity contribution >= 4 is 17.4 Å². The zero-order chi connectivity index (χ0) is 16.7. The minimum Gasteiger partial charge on any atom is -0.481 e. The highest BCUT2D eigenvalue weighted by Crippen LogP contribution is 2.30. The highest BCUT2D eigenvalue weighted by Gasteiger charge is 2.38. The number of anilines is 1. The molecule has 7 nitrogen and oxygen atoms in total. The molecular formula is C12H14F3N5O2. The molecule has 22 heavy (non-hydrogen) atoms. The topological polar surface area (TPSA) is 83.6 Å². The second-order valence-electron chi connectivity index (χ2n) is 4.90. The van der Waals surface area contributed by atoms with Gasteiger partial charge in [0.05, 0.1) is 6.42 Å². The maximum Gasteiger partial charge on any atom is 0.453 e. The van der Waals surface area contributed by atoms with Crippen molar-refractivity contribution in [3.8, 4) is 0 Å². The van der Waals surface area contributed by atoms with Crippen molar-refractivity contribution in [1.82, 2.24) is 19.8 Å². The van der Waals surface area contributed by atoms with Crippen molar-refractivity contribution in [2.75, 3.05) is 18.5 Å². The normalized spacial score (nSPS) is 11.9. The molecule has 2 aromatic heterocycles. The number of hydrogen-bond acceptors (Lipinski definition) is 5. The highest BCUT2D eigenvalue weighted by atomic mass is 19.4. The molecular weight excluding hydrogens is 303 g/mol. The first-order valence-corrected chi connectivity index (χ1v) is 6.35. The van der Waals surface area contributed by atoms with Crippen LogP contribution in [0.4, 0.5) is 19.0 Å². The SMILES string of the molecule is Cc1c(N(C)CCC(=O)O)nn2c(C(F)(F)F)nnc2c1C. The molecule has 0 aromatic carbocycles. The maximum absolute atomic E-state index is 12.9. The fraction of sp³-hybridized carbons (Fsp3) is 0.500. The Hall–Kier alpha value is -2.39. The fourth-order valence-corrected chi connectivity index (χ4v) is 2.02. The number of alkyl halides is 3. The summed E-state index contributed by atoms with van der Waals surface area (Å²) in [5.41, 5.74) is 1.16. The second kappa shape index (κ2) is 5.43. The van der Waals surface area contributed by atoms with Gasteiger partial charge in [-0.15, -0.1) is 15.3 Å². The van der Waals surface area contributed by atoms with Crippen LogP contribution in [0.3, 0.4) is 0 Å². The Morgan fingerprint density at radius 2 is 1.91 bits per heavy atom. The van der Waals surface area contributed by atoms with Gasteiger partial charge < -0.3 is 10.0 Å². The van der Waals surface area contributed by atoms with Crippen molar-refractivity contribution in [3.05, 3.63) is 17.0 Å². The van der Waals surface area contributed by atoms with Gasteiger partial charge in [-0.3, -0.25) is 4.79 Å². The third kappa shape index (κ3) is 2.81. The molecule has 0 aliphatic carbocycles. The van der Waals surface area contributed by atoms with Gasteiger partial charge in [-0.2, -0.15) is 17.7 Å². The first kappa shape index (κ1) is 16.0. The molecule has 10 heteroatoms. The third-order valence-corrected chi connectivity index (χ3v) is 3.34. The van der Waals surface area contributed by atoms with Gasteiger partial charge in [-0.25, -0.2) is 0 Å². The number of hydrogen-bond donors (Lipinski definition) is 1. The summed E-state index contributed by atoms with van der Waals surface area (Å²) < 4.78 is 39.4. The molecule has 0 unspecified atom stereocenters. The van der Waals surface area contributed by atoms with Gasteiger partial charge in [-0.05, 0) is 13.8 Å². The van der Waals surface area contributed by atoms with Gasteiger partial charge in [0.25, 0.3) is 5.82 Å². The molecule has 2 rings (SSSR count). The second-order valence-corrected chi connectivity index (χ2v) is 4.90. The lowest BCUT2D eigenvalue weighted by atomic mass is 10.2. The van der Waals surface area contributed by atoms with Crippen molar-refractivity contribution < 1.29 is 23.1 Å². The number of halogens is 3. The molecule has 0 saturated carbocycles. The van der Waals surface area contributed by atoms with Gasteiger partial charge in [0.15, 0.2) is 11.5 Å². The van der Waals surface area contributed by atoms with E-state index in [2.05, 4.69) is 15.3 Å².